The second kappa shape index (κ2) is 4.99. The first-order valence-corrected chi connectivity index (χ1v) is 3.79. The number of nitrogens with zero attached hydrogens (tertiary/aromatic N) is 1. The molecule has 1 N–H and O–H groups in total. The van der Waals surface area contributed by atoms with E-state index in [0.717, 1.165) is 0 Å². The summed E-state index contributed by atoms with van der Waals surface area (Å²) in [5.74, 6) is 0. The summed E-state index contributed by atoms with van der Waals surface area (Å²) in [7, 11) is 3.67. The maximum atomic E-state index is 12.7. The van der Waals surface area contributed by atoms with Crippen LogP contribution in [0.4, 0.5) is 4.39 Å². The highest BCUT2D eigenvalue weighted by Gasteiger charge is 2.12. The summed E-state index contributed by atoms with van der Waals surface area (Å²) in [6, 6.07) is -0.0698. The Bertz CT molecular complexity index is 123. The van der Waals surface area contributed by atoms with Crippen LogP contribution in [0.25, 0.3) is 0 Å². The Hall–Kier alpha value is -0.730. The van der Waals surface area contributed by atoms with Crippen LogP contribution in [-0.2, 0) is 0 Å². The zero-order valence-electron chi connectivity index (χ0n) is 7.63. The molecule has 0 aromatic heterocycles. The summed E-state index contributed by atoms with van der Waals surface area (Å²) in [5.41, 5.74) is 0. The van der Waals surface area contributed by atoms with E-state index in [-0.39, 0.29) is 6.04 Å². The van der Waals surface area contributed by atoms with Gasteiger partial charge >= 0.3 is 0 Å². The van der Waals surface area contributed by atoms with Crippen molar-refractivity contribution in [2.45, 2.75) is 26.1 Å². The monoisotopic (exact) mass is 160 g/mol. The zero-order valence-corrected chi connectivity index (χ0v) is 7.63. The van der Waals surface area contributed by atoms with Crippen molar-refractivity contribution >= 4 is 0 Å². The number of hydrogen-bond acceptors (Lipinski definition) is 2. The van der Waals surface area contributed by atoms with Gasteiger partial charge in [-0.2, -0.15) is 0 Å². The van der Waals surface area contributed by atoms with Crippen LogP contribution in [0.1, 0.15) is 13.8 Å². The summed E-state index contributed by atoms with van der Waals surface area (Å²) < 4.78 is 12.7. The van der Waals surface area contributed by atoms with Crippen molar-refractivity contribution in [1.29, 1.82) is 0 Å². The Labute approximate surface area is 68.1 Å². The summed E-state index contributed by atoms with van der Waals surface area (Å²) in [6.45, 7) is 3.42. The average Bonchev–Trinajstić information content (AvgIpc) is 1.98. The maximum absolute atomic E-state index is 12.7. The first kappa shape index (κ1) is 10.3. The van der Waals surface area contributed by atoms with Crippen LogP contribution in [0.2, 0.25) is 0 Å². The van der Waals surface area contributed by atoms with Gasteiger partial charge in [-0.25, -0.2) is 4.39 Å². The number of halogens is 1. The molecular formula is C8H17FN2. The van der Waals surface area contributed by atoms with E-state index in [0.29, 0.717) is 0 Å². The molecular weight excluding hydrogens is 143 g/mol. The molecule has 3 heteroatoms. The molecule has 0 aliphatic carbocycles. The molecule has 0 radical (unpaired) electrons. The molecule has 1 unspecified atom stereocenters. The minimum absolute atomic E-state index is 0.0698. The lowest BCUT2D eigenvalue weighted by atomic mass is 10.2. The maximum Gasteiger partial charge on any atom is 0.117 e. The van der Waals surface area contributed by atoms with E-state index < -0.39 is 6.17 Å². The molecule has 0 heterocycles. The van der Waals surface area contributed by atoms with Gasteiger partial charge in [0.2, 0.25) is 0 Å². The van der Waals surface area contributed by atoms with E-state index in [1.54, 1.807) is 13.1 Å². The fraction of sp³-hybridized carbons (Fsp3) is 0.750. The Morgan fingerprint density at radius 2 is 2.00 bits per heavy atom. The summed E-state index contributed by atoms with van der Waals surface area (Å²) in [4.78, 5) is 1.83. The summed E-state index contributed by atoms with van der Waals surface area (Å²) in [6.07, 6.45) is 2.79. The smallest absolute Gasteiger partial charge is 0.117 e. The number of rotatable bonds is 4. The Kier molecular flexibility index (Phi) is 4.66. The third-order valence-electron chi connectivity index (χ3n) is 1.78. The topological polar surface area (TPSA) is 15.3 Å². The minimum Gasteiger partial charge on any atom is -0.393 e. The molecule has 0 aliphatic heterocycles. The second-order valence-electron chi connectivity index (χ2n) is 2.69. The van der Waals surface area contributed by atoms with Crippen molar-refractivity contribution in [3.05, 3.63) is 12.4 Å². The van der Waals surface area contributed by atoms with Crippen LogP contribution in [0.15, 0.2) is 12.4 Å². The fourth-order valence-electron chi connectivity index (χ4n) is 0.652. The van der Waals surface area contributed by atoms with E-state index in [9.17, 15) is 4.39 Å². The molecule has 11 heavy (non-hydrogen) atoms. The van der Waals surface area contributed by atoms with Crippen molar-refractivity contribution in [2.24, 2.45) is 0 Å². The van der Waals surface area contributed by atoms with E-state index in [2.05, 4.69) is 5.32 Å². The third-order valence-corrected chi connectivity index (χ3v) is 1.78. The molecule has 2 atom stereocenters. The second-order valence-corrected chi connectivity index (χ2v) is 2.69. The first-order valence-electron chi connectivity index (χ1n) is 3.79. The fourth-order valence-corrected chi connectivity index (χ4v) is 0.652. The number of alkyl halides is 1. The van der Waals surface area contributed by atoms with Crippen LogP contribution in [0, 0.1) is 0 Å². The average molecular weight is 160 g/mol. The predicted molar refractivity (Wildman–Crippen MR) is 46.0 cm³/mol. The van der Waals surface area contributed by atoms with Gasteiger partial charge in [-0.15, -0.1) is 0 Å². The molecule has 0 aromatic rings. The van der Waals surface area contributed by atoms with Gasteiger partial charge in [0.05, 0.1) is 6.04 Å². The predicted octanol–water partition coefficient (Wildman–Crippen LogP) is 1.36. The normalized spacial score (nSPS) is 16.5. The molecule has 0 rings (SSSR count). The van der Waals surface area contributed by atoms with Crippen molar-refractivity contribution < 1.29 is 4.39 Å². The highest BCUT2D eigenvalue weighted by Crippen LogP contribution is 2.04. The van der Waals surface area contributed by atoms with Gasteiger partial charge in [0.1, 0.15) is 6.17 Å². The number of nitrogens with one attached hydrogen (secondary N) is 1. The molecule has 66 valence electrons. The van der Waals surface area contributed by atoms with Crippen LogP contribution < -0.4 is 5.32 Å². The quantitative estimate of drug-likeness (QED) is 0.668. The molecule has 0 spiro atoms. The van der Waals surface area contributed by atoms with Crippen molar-refractivity contribution in [1.82, 2.24) is 10.2 Å². The Morgan fingerprint density at radius 3 is 2.36 bits per heavy atom. The SMILES string of the molecule is CN/C=C\N(C)C(C)[C@H](C)F. The van der Waals surface area contributed by atoms with E-state index in [1.165, 1.54) is 0 Å². The van der Waals surface area contributed by atoms with E-state index in [1.807, 2.05) is 32.1 Å². The molecule has 2 nitrogen and oxygen atoms in total. The van der Waals surface area contributed by atoms with Gasteiger partial charge in [0.15, 0.2) is 0 Å². The van der Waals surface area contributed by atoms with Crippen LogP contribution >= 0.6 is 0 Å². The van der Waals surface area contributed by atoms with Gasteiger partial charge in [0.25, 0.3) is 0 Å². The highest BCUT2D eigenvalue weighted by molar-refractivity contribution is 4.82. The van der Waals surface area contributed by atoms with Crippen molar-refractivity contribution in [3.8, 4) is 0 Å². The lowest BCUT2D eigenvalue weighted by molar-refractivity contribution is 0.204. The van der Waals surface area contributed by atoms with Crippen LogP contribution in [0.5, 0.6) is 0 Å². The van der Waals surface area contributed by atoms with E-state index >= 15 is 0 Å². The highest BCUT2D eigenvalue weighted by atomic mass is 19.1. The molecule has 0 aliphatic rings. The van der Waals surface area contributed by atoms with Gasteiger partial charge in [0, 0.05) is 26.5 Å². The minimum atomic E-state index is -0.804. The Morgan fingerprint density at radius 1 is 1.45 bits per heavy atom. The van der Waals surface area contributed by atoms with Gasteiger partial charge in [-0.3, -0.25) is 0 Å². The van der Waals surface area contributed by atoms with E-state index in [4.69, 9.17) is 0 Å². The summed E-state index contributed by atoms with van der Waals surface area (Å²) >= 11 is 0. The molecule has 0 bridgehead atoms. The van der Waals surface area contributed by atoms with Crippen molar-refractivity contribution in [3.63, 3.8) is 0 Å². The molecule has 0 fully saturated rings. The van der Waals surface area contributed by atoms with Crippen LogP contribution in [0.3, 0.4) is 0 Å². The van der Waals surface area contributed by atoms with Crippen LogP contribution in [-0.4, -0.2) is 31.2 Å². The molecule has 0 aromatic carbocycles. The number of hydrogen-bond donors (Lipinski definition) is 1. The molecule has 0 saturated heterocycles. The van der Waals surface area contributed by atoms with Gasteiger partial charge in [-0.1, -0.05) is 0 Å². The van der Waals surface area contributed by atoms with Gasteiger partial charge < -0.3 is 10.2 Å². The molecule has 0 saturated carbocycles. The lowest BCUT2D eigenvalue weighted by Crippen LogP contribution is -2.31. The largest absolute Gasteiger partial charge is 0.393 e. The zero-order chi connectivity index (χ0) is 8.85. The standard InChI is InChI=1S/C8H17FN2/c1-7(9)8(2)11(4)6-5-10-3/h5-8,10H,1-4H3/b6-5-/t7-,8?/m0/s1. The first-order chi connectivity index (χ1) is 5.09. The lowest BCUT2D eigenvalue weighted by Gasteiger charge is -2.23. The van der Waals surface area contributed by atoms with Gasteiger partial charge in [-0.05, 0) is 13.8 Å². The third kappa shape index (κ3) is 3.86. The molecule has 0 amide bonds. The summed E-state index contributed by atoms with van der Waals surface area (Å²) in [5, 5.41) is 2.85. The van der Waals surface area contributed by atoms with Crippen molar-refractivity contribution in [2.75, 3.05) is 14.1 Å². The Balaban J connectivity index is 3.81.